The topological polar surface area (TPSA) is 136 Å². The Bertz CT molecular complexity index is 37.7. The third-order valence-corrected chi connectivity index (χ3v) is 0. The first kappa shape index (κ1) is 42.7. The maximum Gasteiger partial charge on any atom is 5.00 e. The molecule has 1 N–H and O–H groups in total. The van der Waals surface area contributed by atoms with Gasteiger partial charge in [0.25, 0.3) is 0 Å². The molecule has 0 bridgehead atoms. The Morgan fingerprint density at radius 2 is 0.526 bits per heavy atom. The second kappa shape index (κ2) is 134. The number of aliphatic hydroxyl groups is 1. The summed E-state index contributed by atoms with van der Waals surface area (Å²) < 4.78 is 0. The molecule has 0 amide bonds. The fourth-order valence-corrected chi connectivity index (χ4v) is 0. The van der Waals surface area contributed by atoms with Crippen LogP contribution in [0.1, 0.15) is 41.5 Å². The van der Waals surface area contributed by atoms with Crippen LogP contribution < -0.4 is 25.5 Å². The van der Waals surface area contributed by atoms with Crippen LogP contribution in [-0.2, 0) is 22.4 Å². The monoisotopic (exact) mass is 452 g/mol. The summed E-state index contributed by atoms with van der Waals surface area (Å²) in [7, 11) is 0. The molecule has 0 rings (SSSR count). The molecule has 7 heteroatoms. The van der Waals surface area contributed by atoms with E-state index in [4.69, 9.17) is 30.6 Å². The van der Waals surface area contributed by atoms with Crippen LogP contribution >= 0.6 is 0 Å². The number of hydrogen-bond donors (Lipinski definition) is 1. The van der Waals surface area contributed by atoms with Gasteiger partial charge in [-0.15, -0.1) is 33.0 Å². The normalized spacial score (nSPS) is 5.68. The van der Waals surface area contributed by atoms with Gasteiger partial charge in [0.15, 0.2) is 0 Å². The molecule has 6 nitrogen and oxygen atoms in total. The third kappa shape index (κ3) is 20100. The van der Waals surface area contributed by atoms with Crippen LogP contribution in [0.15, 0.2) is 0 Å². The van der Waals surface area contributed by atoms with Gasteiger partial charge in [0.05, 0.1) is 0 Å². The Morgan fingerprint density at radius 3 is 0.526 bits per heavy atom. The van der Waals surface area contributed by atoms with Gasteiger partial charge in [-0.3, -0.25) is 0 Å². The van der Waals surface area contributed by atoms with Gasteiger partial charge < -0.3 is 30.6 Å². The van der Waals surface area contributed by atoms with E-state index in [1.54, 1.807) is 41.5 Å². The van der Waals surface area contributed by atoms with Crippen LogP contribution in [0.5, 0.6) is 0 Å². The second-order valence-corrected chi connectivity index (χ2v) is 1.76. The summed E-state index contributed by atoms with van der Waals surface area (Å²) in [6.07, 6.45) is 0. The second-order valence-electron chi connectivity index (χ2n) is 1.76. The summed E-state index contributed by atoms with van der Waals surface area (Å²) in [4.78, 5) is 0. The Hall–Kier alpha value is 0.500. The van der Waals surface area contributed by atoms with Crippen molar-refractivity contribution in [2.24, 2.45) is 0 Å². The van der Waals surface area contributed by atoms with E-state index in [0.717, 1.165) is 0 Å². The SMILES string of the molecule is CCO.CC[O-].CC[O-].CC[O-].CC[O-].CC[O-].[Ta+5]. The Kier molecular flexibility index (Phi) is 301. The van der Waals surface area contributed by atoms with Crippen LogP contribution in [0.2, 0.25) is 0 Å². The Morgan fingerprint density at radius 1 is 0.526 bits per heavy atom. The molecule has 0 unspecified atom stereocenters. The van der Waals surface area contributed by atoms with Gasteiger partial charge in [-0.05, 0) is 6.92 Å². The standard InChI is InChI=1S/C2H6O.5C2H5O.Ta/c6*1-2-3;/h3H,2H2,1H3;5*2H2,1H3;/q;5*-1;+5. The average molecular weight is 452 g/mol. The predicted octanol–water partition coefficient (Wildman–Crippen LogP) is -3.17. The molecular weight excluding hydrogens is 421 g/mol. The van der Waals surface area contributed by atoms with Crippen molar-refractivity contribution >= 4 is 0 Å². The quantitative estimate of drug-likeness (QED) is 0.412. The summed E-state index contributed by atoms with van der Waals surface area (Å²) in [5, 5.41) is 52.2. The first-order chi connectivity index (χ1) is 8.49. The van der Waals surface area contributed by atoms with E-state index in [1.807, 2.05) is 0 Å². The zero-order valence-corrected chi connectivity index (χ0v) is 16.4. The zero-order chi connectivity index (χ0) is 16.2. The molecule has 0 aliphatic heterocycles. The average Bonchev–Trinajstić information content (AvgIpc) is 2.23. The number of hydrogen-bond acceptors (Lipinski definition) is 6. The summed E-state index contributed by atoms with van der Waals surface area (Å²) in [6.45, 7) is 9.78. The molecule has 19 heavy (non-hydrogen) atoms. The molecule has 0 fully saturated rings. The van der Waals surface area contributed by atoms with E-state index in [-0.39, 0.29) is 62.0 Å². The number of aliphatic hydroxyl groups excluding tert-OH is 1. The third-order valence-electron chi connectivity index (χ3n) is 0. The van der Waals surface area contributed by atoms with Crippen LogP contribution in [0.25, 0.3) is 0 Å². The van der Waals surface area contributed by atoms with E-state index in [9.17, 15) is 0 Å². The number of rotatable bonds is 0. The predicted molar refractivity (Wildman–Crippen MR) is 65.5 cm³/mol. The van der Waals surface area contributed by atoms with E-state index in [0.29, 0.717) is 0 Å². The Labute approximate surface area is 134 Å². The summed E-state index contributed by atoms with van der Waals surface area (Å²) >= 11 is 0. The molecule has 0 aliphatic carbocycles. The molecular formula is C12H31O6Ta. The minimum Gasteiger partial charge on any atom is -0.855 e. The molecule has 0 aromatic rings. The van der Waals surface area contributed by atoms with Crippen LogP contribution in [0, 0.1) is 0 Å². The molecule has 0 saturated carbocycles. The summed E-state index contributed by atoms with van der Waals surface area (Å²) in [5.74, 6) is 0. The van der Waals surface area contributed by atoms with Gasteiger partial charge in [-0.1, -0.05) is 34.6 Å². The fraction of sp³-hybridized carbons (Fsp3) is 1.00. The Balaban J connectivity index is -0.0000000180. The van der Waals surface area contributed by atoms with Crippen LogP contribution in [-0.4, -0.2) is 44.7 Å². The van der Waals surface area contributed by atoms with Crippen molar-refractivity contribution in [3.63, 3.8) is 0 Å². The maximum absolute atomic E-state index is 8.93. The van der Waals surface area contributed by atoms with Gasteiger partial charge in [-0.25, -0.2) is 0 Å². The van der Waals surface area contributed by atoms with Crippen molar-refractivity contribution in [3.05, 3.63) is 0 Å². The molecule has 0 saturated heterocycles. The van der Waals surface area contributed by atoms with Crippen molar-refractivity contribution < 1.29 is 53.0 Å². The zero-order valence-electron chi connectivity index (χ0n) is 13.2. The molecule has 0 radical (unpaired) electrons. The minimum atomic E-state index is 0. The molecule has 120 valence electrons. The molecule has 0 atom stereocenters. The van der Waals surface area contributed by atoms with Crippen molar-refractivity contribution in [3.8, 4) is 0 Å². The largest absolute Gasteiger partial charge is 5.00 e. The molecule has 0 spiro atoms. The molecule has 0 aromatic heterocycles. The van der Waals surface area contributed by atoms with E-state index < -0.39 is 0 Å². The van der Waals surface area contributed by atoms with Gasteiger partial charge in [0.1, 0.15) is 0 Å². The van der Waals surface area contributed by atoms with E-state index in [1.165, 1.54) is 0 Å². The smallest absolute Gasteiger partial charge is 0.855 e. The summed E-state index contributed by atoms with van der Waals surface area (Å²) in [6, 6.07) is 0. The van der Waals surface area contributed by atoms with Crippen molar-refractivity contribution in [1.82, 2.24) is 0 Å². The van der Waals surface area contributed by atoms with Crippen molar-refractivity contribution in [2.75, 3.05) is 39.6 Å². The summed E-state index contributed by atoms with van der Waals surface area (Å²) in [5.41, 5.74) is 0. The maximum atomic E-state index is 8.93. The van der Waals surface area contributed by atoms with Gasteiger partial charge in [0, 0.05) is 6.61 Å². The van der Waals surface area contributed by atoms with Crippen LogP contribution in [0.4, 0.5) is 0 Å². The van der Waals surface area contributed by atoms with Crippen molar-refractivity contribution in [2.45, 2.75) is 41.5 Å². The van der Waals surface area contributed by atoms with Crippen LogP contribution in [0.3, 0.4) is 0 Å². The van der Waals surface area contributed by atoms with Gasteiger partial charge in [0.2, 0.25) is 0 Å². The minimum absolute atomic E-state index is 0. The molecule has 0 aromatic carbocycles. The first-order valence-corrected chi connectivity index (χ1v) is 6.00. The first-order valence-electron chi connectivity index (χ1n) is 6.00. The fourth-order valence-electron chi connectivity index (χ4n) is 0. The van der Waals surface area contributed by atoms with Gasteiger partial charge >= 0.3 is 22.4 Å². The van der Waals surface area contributed by atoms with Gasteiger partial charge in [-0.2, -0.15) is 0 Å². The van der Waals surface area contributed by atoms with E-state index in [2.05, 4.69) is 0 Å². The molecule has 0 heterocycles. The van der Waals surface area contributed by atoms with Crippen molar-refractivity contribution in [1.29, 1.82) is 0 Å². The molecule has 0 aliphatic rings. The van der Waals surface area contributed by atoms with E-state index >= 15 is 0 Å².